The van der Waals surface area contributed by atoms with Gasteiger partial charge in [0.2, 0.25) is 15.9 Å². The molecule has 2 aromatic carbocycles. The predicted molar refractivity (Wildman–Crippen MR) is 106 cm³/mol. The average molecular weight is 412 g/mol. The van der Waals surface area contributed by atoms with Crippen molar-refractivity contribution in [2.45, 2.75) is 24.2 Å². The quantitative estimate of drug-likeness (QED) is 0.667. The second kappa shape index (κ2) is 8.14. The number of aromatic nitrogens is 2. The molecule has 3 aromatic rings. The summed E-state index contributed by atoms with van der Waals surface area (Å²) in [4.78, 5) is 12.6. The first kappa shape index (κ1) is 19.3. The zero-order valence-corrected chi connectivity index (χ0v) is 16.4. The predicted octanol–water partition coefficient (Wildman–Crippen LogP) is 2.70. The first-order valence-electron chi connectivity index (χ1n) is 9.30. The number of hydrogen-bond acceptors (Lipinski definition) is 6. The molecule has 1 amide bonds. The van der Waals surface area contributed by atoms with E-state index in [1.54, 1.807) is 0 Å². The van der Waals surface area contributed by atoms with Gasteiger partial charge in [0.05, 0.1) is 11.3 Å². The number of hydrogen-bond donors (Lipinski definition) is 1. The summed E-state index contributed by atoms with van der Waals surface area (Å²) in [6, 6.07) is 15.5. The van der Waals surface area contributed by atoms with Gasteiger partial charge in [-0.2, -0.15) is 4.31 Å². The average Bonchev–Trinajstić information content (AvgIpc) is 3.42. The summed E-state index contributed by atoms with van der Waals surface area (Å²) in [7, 11) is -3.51. The molecule has 0 spiro atoms. The molecule has 29 heavy (non-hydrogen) atoms. The molecule has 1 aromatic heterocycles. The van der Waals surface area contributed by atoms with E-state index in [2.05, 4.69) is 15.5 Å². The summed E-state index contributed by atoms with van der Waals surface area (Å²) in [6.45, 7) is 1.07. The Labute approximate surface area is 168 Å². The maximum atomic E-state index is 12.6. The fourth-order valence-corrected chi connectivity index (χ4v) is 4.69. The minimum absolute atomic E-state index is 0.00491. The molecule has 0 bridgehead atoms. The molecule has 0 saturated carbocycles. The highest BCUT2D eigenvalue weighted by molar-refractivity contribution is 7.89. The zero-order chi connectivity index (χ0) is 20.3. The second-order valence-electron chi connectivity index (χ2n) is 6.75. The Morgan fingerprint density at radius 2 is 1.69 bits per heavy atom. The Hall–Kier alpha value is -3.04. The smallest absolute Gasteiger partial charge is 0.322 e. The van der Waals surface area contributed by atoms with Crippen LogP contribution in [0.3, 0.4) is 0 Å². The van der Waals surface area contributed by atoms with E-state index in [1.807, 2.05) is 30.3 Å². The Bertz CT molecular complexity index is 1090. The van der Waals surface area contributed by atoms with Crippen LogP contribution >= 0.6 is 0 Å². The number of rotatable bonds is 6. The van der Waals surface area contributed by atoms with Gasteiger partial charge in [-0.3, -0.25) is 10.1 Å². The Morgan fingerprint density at radius 3 is 2.38 bits per heavy atom. The van der Waals surface area contributed by atoms with Gasteiger partial charge in [-0.15, -0.1) is 5.10 Å². The molecule has 1 aliphatic rings. The van der Waals surface area contributed by atoms with Crippen LogP contribution in [0.25, 0.3) is 0 Å². The Kier molecular flexibility index (Phi) is 5.41. The van der Waals surface area contributed by atoms with Crippen molar-refractivity contribution in [3.8, 4) is 0 Å². The van der Waals surface area contributed by atoms with E-state index >= 15 is 0 Å². The number of nitrogens with one attached hydrogen (secondary N) is 1. The molecule has 1 saturated heterocycles. The Balaban J connectivity index is 1.41. The molecule has 0 unspecified atom stereocenters. The standard InChI is InChI=1S/C20H20N4O4S/c25-19(21-20-23-22-18(28-20)14-15-6-2-1-3-7-15)16-8-10-17(11-9-16)29(26,27)24-12-4-5-13-24/h1-3,6-11H,4-5,12-14H2,(H,21,23,25). The summed E-state index contributed by atoms with van der Waals surface area (Å²) >= 11 is 0. The normalized spacial score (nSPS) is 14.8. The molecule has 0 atom stereocenters. The van der Waals surface area contributed by atoms with Crippen LogP contribution in [-0.2, 0) is 16.4 Å². The fraction of sp³-hybridized carbons (Fsp3) is 0.250. The lowest BCUT2D eigenvalue weighted by atomic mass is 10.2. The highest BCUT2D eigenvalue weighted by Gasteiger charge is 2.27. The number of anilines is 1. The largest absolute Gasteiger partial charge is 0.407 e. The van der Waals surface area contributed by atoms with Crippen molar-refractivity contribution in [2.75, 3.05) is 18.4 Å². The zero-order valence-electron chi connectivity index (χ0n) is 15.6. The van der Waals surface area contributed by atoms with Crippen LogP contribution in [0.1, 0.15) is 34.7 Å². The highest BCUT2D eigenvalue weighted by Crippen LogP contribution is 2.21. The third kappa shape index (κ3) is 4.36. The van der Waals surface area contributed by atoms with Gasteiger partial charge in [0.25, 0.3) is 5.91 Å². The van der Waals surface area contributed by atoms with Crippen LogP contribution in [0.4, 0.5) is 6.01 Å². The number of nitrogens with zero attached hydrogens (tertiary/aromatic N) is 3. The van der Waals surface area contributed by atoms with Gasteiger partial charge in [0, 0.05) is 18.7 Å². The van der Waals surface area contributed by atoms with E-state index in [9.17, 15) is 13.2 Å². The molecule has 0 aliphatic carbocycles. The summed E-state index contributed by atoms with van der Waals surface area (Å²) in [5.74, 6) is -0.0661. The molecule has 1 aliphatic heterocycles. The van der Waals surface area contributed by atoms with Gasteiger partial charge >= 0.3 is 6.01 Å². The van der Waals surface area contributed by atoms with Gasteiger partial charge in [-0.25, -0.2) is 8.42 Å². The van der Waals surface area contributed by atoms with Crippen molar-refractivity contribution in [3.63, 3.8) is 0 Å². The number of amides is 1. The van der Waals surface area contributed by atoms with Gasteiger partial charge in [0.15, 0.2) is 0 Å². The minimum atomic E-state index is -3.51. The number of carbonyl (C=O) groups is 1. The molecule has 150 valence electrons. The van der Waals surface area contributed by atoms with Gasteiger partial charge in [0.1, 0.15) is 0 Å². The van der Waals surface area contributed by atoms with Crippen molar-refractivity contribution in [1.82, 2.24) is 14.5 Å². The molecule has 8 nitrogen and oxygen atoms in total. The van der Waals surface area contributed by atoms with Crippen molar-refractivity contribution < 1.29 is 17.6 Å². The van der Waals surface area contributed by atoms with Gasteiger partial charge in [-0.1, -0.05) is 35.4 Å². The van der Waals surface area contributed by atoms with Crippen molar-refractivity contribution >= 4 is 21.9 Å². The maximum absolute atomic E-state index is 12.6. The lowest BCUT2D eigenvalue weighted by Gasteiger charge is -2.15. The minimum Gasteiger partial charge on any atom is -0.407 e. The number of benzene rings is 2. The molecule has 9 heteroatoms. The van der Waals surface area contributed by atoms with E-state index < -0.39 is 15.9 Å². The summed E-state index contributed by atoms with van der Waals surface area (Å²) in [5, 5.41) is 10.3. The summed E-state index contributed by atoms with van der Waals surface area (Å²) < 4.78 is 32.0. The summed E-state index contributed by atoms with van der Waals surface area (Å²) in [5.41, 5.74) is 1.32. The lowest BCUT2D eigenvalue weighted by Crippen LogP contribution is -2.27. The van der Waals surface area contributed by atoms with Crippen LogP contribution in [0.2, 0.25) is 0 Å². The van der Waals surface area contributed by atoms with Crippen LogP contribution in [-0.4, -0.2) is 41.9 Å². The third-order valence-electron chi connectivity index (χ3n) is 4.70. The van der Waals surface area contributed by atoms with E-state index in [1.165, 1.54) is 28.6 Å². The van der Waals surface area contributed by atoms with Crippen LogP contribution in [0, 0.1) is 0 Å². The SMILES string of the molecule is O=C(Nc1nnc(Cc2ccccc2)o1)c1ccc(S(=O)(=O)N2CCCC2)cc1. The Morgan fingerprint density at radius 1 is 1.00 bits per heavy atom. The molecular weight excluding hydrogens is 392 g/mol. The maximum Gasteiger partial charge on any atom is 0.322 e. The van der Waals surface area contributed by atoms with Gasteiger partial charge < -0.3 is 4.42 Å². The molecule has 2 heterocycles. The highest BCUT2D eigenvalue weighted by atomic mass is 32.2. The van der Waals surface area contributed by atoms with Crippen LogP contribution in [0.5, 0.6) is 0 Å². The lowest BCUT2D eigenvalue weighted by molar-refractivity contribution is 0.102. The van der Waals surface area contributed by atoms with Gasteiger partial charge in [-0.05, 0) is 42.7 Å². The first-order chi connectivity index (χ1) is 14.0. The molecule has 0 radical (unpaired) electrons. The van der Waals surface area contributed by atoms with E-state index in [0.29, 0.717) is 31.0 Å². The third-order valence-corrected chi connectivity index (χ3v) is 6.62. The van der Waals surface area contributed by atoms with E-state index in [-0.39, 0.29) is 10.9 Å². The fourth-order valence-electron chi connectivity index (χ4n) is 3.17. The van der Waals surface area contributed by atoms with Crippen molar-refractivity contribution in [3.05, 3.63) is 71.6 Å². The van der Waals surface area contributed by atoms with E-state index in [0.717, 1.165) is 18.4 Å². The number of carbonyl (C=O) groups excluding carboxylic acids is 1. The monoisotopic (exact) mass is 412 g/mol. The molecule has 1 N–H and O–H groups in total. The van der Waals surface area contributed by atoms with Crippen LogP contribution < -0.4 is 5.32 Å². The topological polar surface area (TPSA) is 105 Å². The second-order valence-corrected chi connectivity index (χ2v) is 8.69. The van der Waals surface area contributed by atoms with Crippen molar-refractivity contribution in [2.24, 2.45) is 0 Å². The summed E-state index contributed by atoms with van der Waals surface area (Å²) in [6.07, 6.45) is 2.21. The van der Waals surface area contributed by atoms with Crippen LogP contribution in [0.15, 0.2) is 63.9 Å². The molecular formula is C20H20N4O4S. The molecule has 4 rings (SSSR count). The van der Waals surface area contributed by atoms with E-state index in [4.69, 9.17) is 4.42 Å². The number of sulfonamides is 1. The van der Waals surface area contributed by atoms with Crippen molar-refractivity contribution in [1.29, 1.82) is 0 Å². The molecule has 1 fully saturated rings. The first-order valence-corrected chi connectivity index (χ1v) is 10.7.